The van der Waals surface area contributed by atoms with Crippen molar-refractivity contribution in [3.63, 3.8) is 0 Å². The van der Waals surface area contributed by atoms with Gasteiger partial charge in [-0.3, -0.25) is 9.59 Å². The highest BCUT2D eigenvalue weighted by Crippen LogP contribution is 2.34. The number of carbonyl (C=O) groups excluding carboxylic acids is 2. The molecule has 3 aromatic carbocycles. The predicted octanol–water partition coefficient (Wildman–Crippen LogP) is 4.36. The number of amides is 1. The van der Waals surface area contributed by atoms with Crippen molar-refractivity contribution < 1.29 is 19.1 Å². The highest BCUT2D eigenvalue weighted by Gasteiger charge is 2.26. The van der Waals surface area contributed by atoms with Crippen LogP contribution in [0.2, 0.25) is 0 Å². The molecular formula is C26H25NO4. The van der Waals surface area contributed by atoms with Crippen LogP contribution in [0.3, 0.4) is 0 Å². The van der Waals surface area contributed by atoms with E-state index in [9.17, 15) is 9.59 Å². The molecule has 1 heterocycles. The predicted molar refractivity (Wildman–Crippen MR) is 119 cm³/mol. The molecule has 0 fully saturated rings. The summed E-state index contributed by atoms with van der Waals surface area (Å²) in [5, 5.41) is 2.95. The van der Waals surface area contributed by atoms with Crippen LogP contribution in [0, 0.1) is 0 Å². The van der Waals surface area contributed by atoms with E-state index in [1.807, 2.05) is 66.7 Å². The van der Waals surface area contributed by atoms with Crippen molar-refractivity contribution in [2.24, 2.45) is 0 Å². The van der Waals surface area contributed by atoms with E-state index in [1.54, 1.807) is 6.92 Å². The van der Waals surface area contributed by atoms with Gasteiger partial charge in [-0.1, -0.05) is 60.7 Å². The molecule has 0 aromatic heterocycles. The zero-order chi connectivity index (χ0) is 21.8. The van der Waals surface area contributed by atoms with Gasteiger partial charge in [0, 0.05) is 19.1 Å². The monoisotopic (exact) mass is 415 g/mol. The number of ketones is 1. The molecule has 1 aliphatic rings. The molecule has 0 radical (unpaired) electrons. The van der Waals surface area contributed by atoms with Gasteiger partial charge in [0.2, 0.25) is 0 Å². The third-order valence-corrected chi connectivity index (χ3v) is 5.50. The number of hydrogen-bond acceptors (Lipinski definition) is 4. The Kier molecular flexibility index (Phi) is 6.14. The van der Waals surface area contributed by atoms with Crippen LogP contribution < -0.4 is 10.1 Å². The lowest BCUT2D eigenvalue weighted by molar-refractivity contribution is -0.131. The summed E-state index contributed by atoms with van der Waals surface area (Å²) in [5.74, 6) is 0.665. The van der Waals surface area contributed by atoms with Gasteiger partial charge in [0.25, 0.3) is 5.91 Å². The van der Waals surface area contributed by atoms with Crippen LogP contribution in [-0.4, -0.2) is 31.4 Å². The van der Waals surface area contributed by atoms with Crippen molar-refractivity contribution in [2.75, 3.05) is 13.7 Å². The summed E-state index contributed by atoms with van der Waals surface area (Å²) in [6.07, 6.45) is -0.112. The number of ether oxygens (including phenoxy) is 2. The number of carbonyl (C=O) groups is 2. The van der Waals surface area contributed by atoms with E-state index < -0.39 is 6.10 Å². The van der Waals surface area contributed by atoms with Crippen molar-refractivity contribution in [3.8, 4) is 16.9 Å². The summed E-state index contributed by atoms with van der Waals surface area (Å²) in [4.78, 5) is 24.6. The number of Topliss-reactive ketones (excluding diaryl/α,β-unsaturated/α-hetero) is 1. The molecule has 1 aliphatic heterocycles. The molecular weight excluding hydrogens is 390 g/mol. The first-order chi connectivity index (χ1) is 15.1. The van der Waals surface area contributed by atoms with Crippen LogP contribution >= 0.6 is 0 Å². The fourth-order valence-electron chi connectivity index (χ4n) is 3.97. The minimum atomic E-state index is -0.653. The van der Waals surface area contributed by atoms with Crippen LogP contribution in [0.15, 0.2) is 72.8 Å². The number of rotatable bonds is 7. The lowest BCUT2D eigenvalue weighted by Crippen LogP contribution is -2.37. The minimum absolute atomic E-state index is 0.0408. The average molecular weight is 415 g/mol. The Morgan fingerprint density at radius 3 is 2.55 bits per heavy atom. The Hall–Kier alpha value is -3.44. The zero-order valence-corrected chi connectivity index (χ0v) is 17.6. The fraction of sp³-hybridized carbons (Fsp3) is 0.231. The van der Waals surface area contributed by atoms with Crippen molar-refractivity contribution in [2.45, 2.75) is 25.6 Å². The molecule has 158 valence electrons. The van der Waals surface area contributed by atoms with Gasteiger partial charge in [-0.25, -0.2) is 0 Å². The van der Waals surface area contributed by atoms with Crippen LogP contribution in [-0.2, 0) is 16.0 Å². The maximum atomic E-state index is 12.6. The SMILES string of the molecule is CO[C@@H](C(=O)NC[C@@H]1Cc2cc(-c3ccccc3C(C)=O)ccc2O1)c1ccccc1. The highest BCUT2D eigenvalue weighted by atomic mass is 16.5. The van der Waals surface area contributed by atoms with E-state index in [2.05, 4.69) is 11.4 Å². The lowest BCUT2D eigenvalue weighted by atomic mass is 9.95. The molecule has 3 aromatic rings. The normalized spacial score (nSPS) is 15.6. The second-order valence-electron chi connectivity index (χ2n) is 7.64. The van der Waals surface area contributed by atoms with Crippen LogP contribution in [0.5, 0.6) is 5.75 Å². The lowest BCUT2D eigenvalue weighted by Gasteiger charge is -2.17. The molecule has 4 rings (SSSR count). The largest absolute Gasteiger partial charge is 0.488 e. The molecule has 2 atom stereocenters. The zero-order valence-electron chi connectivity index (χ0n) is 17.6. The Bertz CT molecular complexity index is 1090. The summed E-state index contributed by atoms with van der Waals surface area (Å²) < 4.78 is 11.4. The summed E-state index contributed by atoms with van der Waals surface area (Å²) in [5.41, 5.74) is 4.49. The first-order valence-corrected chi connectivity index (χ1v) is 10.3. The summed E-state index contributed by atoms with van der Waals surface area (Å²) in [6.45, 7) is 1.97. The van der Waals surface area contributed by atoms with E-state index in [0.29, 0.717) is 18.5 Å². The van der Waals surface area contributed by atoms with Crippen LogP contribution in [0.4, 0.5) is 0 Å². The summed E-state index contributed by atoms with van der Waals surface area (Å²) >= 11 is 0. The first-order valence-electron chi connectivity index (χ1n) is 10.3. The fourth-order valence-corrected chi connectivity index (χ4v) is 3.97. The Labute approximate surface area is 182 Å². The maximum absolute atomic E-state index is 12.6. The third-order valence-electron chi connectivity index (χ3n) is 5.50. The molecule has 5 heteroatoms. The van der Waals surface area contributed by atoms with Gasteiger partial charge in [0.1, 0.15) is 11.9 Å². The topological polar surface area (TPSA) is 64.6 Å². The summed E-state index contributed by atoms with van der Waals surface area (Å²) in [7, 11) is 1.53. The van der Waals surface area contributed by atoms with E-state index in [4.69, 9.17) is 9.47 Å². The first kappa shape index (κ1) is 20.8. The number of methoxy groups -OCH3 is 1. The van der Waals surface area contributed by atoms with Gasteiger partial charge in [0.05, 0.1) is 6.54 Å². The van der Waals surface area contributed by atoms with Crippen molar-refractivity contribution in [3.05, 3.63) is 89.5 Å². The smallest absolute Gasteiger partial charge is 0.253 e. The number of fused-ring (bicyclic) bond motifs is 1. The van der Waals surface area contributed by atoms with Crippen molar-refractivity contribution in [1.29, 1.82) is 0 Å². The summed E-state index contributed by atoms with van der Waals surface area (Å²) in [6, 6.07) is 23.0. The second-order valence-corrected chi connectivity index (χ2v) is 7.64. The molecule has 1 amide bonds. The van der Waals surface area contributed by atoms with E-state index in [1.165, 1.54) is 7.11 Å². The van der Waals surface area contributed by atoms with E-state index in [-0.39, 0.29) is 17.8 Å². The van der Waals surface area contributed by atoms with Crippen molar-refractivity contribution >= 4 is 11.7 Å². The Morgan fingerprint density at radius 1 is 1.06 bits per heavy atom. The van der Waals surface area contributed by atoms with E-state index in [0.717, 1.165) is 28.0 Å². The number of benzene rings is 3. The third kappa shape index (κ3) is 4.52. The molecule has 31 heavy (non-hydrogen) atoms. The molecule has 0 spiro atoms. The average Bonchev–Trinajstić information content (AvgIpc) is 3.21. The maximum Gasteiger partial charge on any atom is 0.253 e. The second kappa shape index (κ2) is 9.14. The Balaban J connectivity index is 1.43. The Morgan fingerprint density at radius 2 is 1.81 bits per heavy atom. The van der Waals surface area contributed by atoms with Gasteiger partial charge in [-0.2, -0.15) is 0 Å². The van der Waals surface area contributed by atoms with Crippen molar-refractivity contribution in [1.82, 2.24) is 5.32 Å². The standard InChI is InChI=1S/C26H25NO4/c1-17(28)22-10-6-7-11-23(22)19-12-13-24-20(14-19)15-21(31-24)16-27-26(29)25(30-2)18-8-4-3-5-9-18/h3-14,21,25H,15-16H2,1-2H3,(H,27,29)/t21-,25+/m0/s1. The van der Waals surface area contributed by atoms with Gasteiger partial charge in [-0.15, -0.1) is 0 Å². The molecule has 0 aliphatic carbocycles. The number of hydrogen-bond donors (Lipinski definition) is 1. The highest BCUT2D eigenvalue weighted by molar-refractivity contribution is 6.00. The van der Waals surface area contributed by atoms with Gasteiger partial charge < -0.3 is 14.8 Å². The van der Waals surface area contributed by atoms with Gasteiger partial charge in [-0.05, 0) is 41.3 Å². The molecule has 0 bridgehead atoms. The molecule has 5 nitrogen and oxygen atoms in total. The molecule has 0 saturated heterocycles. The van der Waals surface area contributed by atoms with Gasteiger partial charge >= 0.3 is 0 Å². The number of nitrogens with one attached hydrogen (secondary N) is 1. The molecule has 0 unspecified atom stereocenters. The van der Waals surface area contributed by atoms with E-state index >= 15 is 0 Å². The quantitative estimate of drug-likeness (QED) is 0.582. The van der Waals surface area contributed by atoms with Crippen LogP contribution in [0.1, 0.15) is 34.5 Å². The molecule has 1 N–H and O–H groups in total. The van der Waals surface area contributed by atoms with Gasteiger partial charge in [0.15, 0.2) is 11.9 Å². The van der Waals surface area contributed by atoms with Crippen LogP contribution in [0.25, 0.3) is 11.1 Å². The minimum Gasteiger partial charge on any atom is -0.488 e. The molecule has 0 saturated carbocycles.